The molecule has 4 rings (SSSR count). The molecule has 1 aliphatic carbocycles. The molecule has 19 atom stereocenters. The molecular weight excluding hydrogens is 913 g/mol. The Kier molecular flexibility index (Phi) is 22.1. The van der Waals surface area contributed by atoms with Crippen molar-refractivity contribution in [2.75, 3.05) is 26.4 Å². The molecule has 4 fully saturated rings. The average Bonchev–Trinajstić information content (AvgIpc) is 3.30. The normalized spacial score (nSPS) is 40.6. The second-order valence-electron chi connectivity index (χ2n) is 20.2. The number of aliphatic hydroxyl groups is 13. The van der Waals surface area contributed by atoms with Crippen LogP contribution in [0.15, 0.2) is 34.4 Å². The Morgan fingerprint density at radius 3 is 1.83 bits per heavy atom. The molecule has 1 saturated carbocycles. The predicted molar refractivity (Wildman–Crippen MR) is 242 cm³/mol. The zero-order valence-electron chi connectivity index (χ0n) is 40.8. The van der Waals surface area contributed by atoms with Crippen molar-refractivity contribution in [3.05, 3.63) is 34.4 Å². The van der Waals surface area contributed by atoms with Crippen LogP contribution in [0, 0.1) is 11.3 Å². The number of rotatable bonds is 23. The maximum absolute atomic E-state index is 12.4. The third-order valence-corrected chi connectivity index (χ3v) is 14.7. The van der Waals surface area contributed by atoms with Crippen LogP contribution in [0.25, 0.3) is 0 Å². The van der Waals surface area contributed by atoms with E-state index in [9.17, 15) is 76.0 Å². The highest BCUT2D eigenvalue weighted by molar-refractivity contribution is 5.86. The van der Waals surface area contributed by atoms with Gasteiger partial charge in [-0.25, -0.2) is 0 Å². The third kappa shape index (κ3) is 14.5. The Labute approximate surface area is 403 Å². The van der Waals surface area contributed by atoms with Crippen LogP contribution in [-0.2, 0) is 38.0 Å². The summed E-state index contributed by atoms with van der Waals surface area (Å²) in [5.74, 6) is -0.682. The molecule has 398 valence electrons. The van der Waals surface area contributed by atoms with E-state index in [1.165, 1.54) is 13.8 Å². The molecule has 69 heavy (non-hydrogen) atoms. The number of ketones is 1. The largest absolute Gasteiger partial charge is 0.394 e. The minimum absolute atomic E-state index is 0.0399. The fourth-order valence-electron chi connectivity index (χ4n) is 9.60. The van der Waals surface area contributed by atoms with E-state index < -0.39 is 135 Å². The van der Waals surface area contributed by atoms with Crippen LogP contribution in [0.2, 0.25) is 0 Å². The van der Waals surface area contributed by atoms with E-state index in [1.807, 2.05) is 26.0 Å². The van der Waals surface area contributed by atoms with Crippen molar-refractivity contribution in [1.82, 2.24) is 0 Å². The second kappa shape index (κ2) is 25.6. The van der Waals surface area contributed by atoms with E-state index in [1.54, 1.807) is 20.8 Å². The molecule has 21 heteroatoms. The zero-order valence-corrected chi connectivity index (χ0v) is 40.8. The summed E-state index contributed by atoms with van der Waals surface area (Å²) in [6, 6.07) is 0. The smallest absolute Gasteiger partial charge is 0.187 e. The van der Waals surface area contributed by atoms with Gasteiger partial charge in [-0.15, -0.1) is 0 Å². The third-order valence-electron chi connectivity index (χ3n) is 14.7. The van der Waals surface area contributed by atoms with Gasteiger partial charge in [0.05, 0.1) is 31.5 Å². The summed E-state index contributed by atoms with van der Waals surface area (Å²) in [5, 5.41) is 136. The van der Waals surface area contributed by atoms with Crippen LogP contribution in [0.4, 0.5) is 0 Å². The monoisotopic (exact) mass is 993 g/mol. The molecule has 0 spiro atoms. The predicted octanol–water partition coefficient (Wildman–Crippen LogP) is -1.54. The summed E-state index contributed by atoms with van der Waals surface area (Å²) in [4.78, 5) is 24.7. The number of carbonyl (C=O) groups is 2. The Morgan fingerprint density at radius 1 is 0.754 bits per heavy atom. The highest BCUT2D eigenvalue weighted by Gasteiger charge is 2.53. The summed E-state index contributed by atoms with van der Waals surface area (Å²) in [6.07, 6.45) is -16.6. The Hall–Kier alpha value is -2.20. The minimum atomic E-state index is -1.75. The first kappa shape index (κ1) is 59.4. The first-order valence-corrected chi connectivity index (χ1v) is 23.9. The lowest BCUT2D eigenvalue weighted by molar-refractivity contribution is -0.331. The summed E-state index contributed by atoms with van der Waals surface area (Å²) in [5.41, 5.74) is -0.653. The van der Waals surface area contributed by atoms with Gasteiger partial charge < -0.3 is 94.8 Å². The van der Waals surface area contributed by atoms with Gasteiger partial charge in [-0.05, 0) is 110 Å². The lowest BCUT2D eigenvalue weighted by atomic mass is 9.54. The summed E-state index contributed by atoms with van der Waals surface area (Å²) in [6.45, 7) is 9.99. The van der Waals surface area contributed by atoms with Crippen LogP contribution in [0.5, 0.6) is 0 Å². The van der Waals surface area contributed by atoms with E-state index in [0.29, 0.717) is 56.1 Å². The number of ether oxygens (including phenoxy) is 6. The Morgan fingerprint density at radius 2 is 1.28 bits per heavy atom. The number of aliphatic hydroxyl groups excluding tert-OH is 11. The molecular formula is C48H80O21. The molecule has 0 bridgehead atoms. The molecule has 4 aliphatic rings. The van der Waals surface area contributed by atoms with Crippen molar-refractivity contribution in [3.8, 4) is 0 Å². The van der Waals surface area contributed by atoms with Crippen molar-refractivity contribution in [1.29, 1.82) is 0 Å². The van der Waals surface area contributed by atoms with Crippen LogP contribution in [0.3, 0.4) is 0 Å². The van der Waals surface area contributed by atoms with Crippen molar-refractivity contribution in [2.24, 2.45) is 11.3 Å². The molecule has 13 N–H and O–H groups in total. The first-order valence-electron chi connectivity index (χ1n) is 23.9. The van der Waals surface area contributed by atoms with Crippen LogP contribution >= 0.6 is 0 Å². The van der Waals surface area contributed by atoms with Gasteiger partial charge in [0, 0.05) is 18.4 Å². The quantitative estimate of drug-likeness (QED) is 0.0239. The van der Waals surface area contributed by atoms with Gasteiger partial charge >= 0.3 is 0 Å². The fourth-order valence-corrected chi connectivity index (χ4v) is 9.60. The summed E-state index contributed by atoms with van der Waals surface area (Å²) >= 11 is 0. The SMILES string of the molecule is C/C(C=O)=C1\CC[C@](C)(O)[C@](C)(CC/C=C(\C)[C@@H](C/C=C(\C)CCC(=O)C(C)(C)O)O[C@H]2O[C@@H](CO)[C@H](O)[C@@H](O)[C@@H]2O)[C@H]1CCCO[C@H]1O[C@@H](CO[C@H]2O[C@@H](CO)[C@H](O)[C@@H](O)[C@@H]2O)[C@H](O)[C@@H](O)[C@@H]1O. The van der Waals surface area contributed by atoms with E-state index in [2.05, 4.69) is 0 Å². The molecule has 3 saturated heterocycles. The van der Waals surface area contributed by atoms with E-state index in [-0.39, 0.29) is 31.1 Å². The van der Waals surface area contributed by atoms with Crippen molar-refractivity contribution < 1.29 is 104 Å². The highest BCUT2D eigenvalue weighted by Crippen LogP contribution is 2.55. The number of carbonyl (C=O) groups excluding carboxylic acids is 2. The lowest BCUT2D eigenvalue weighted by Gasteiger charge is -2.53. The molecule has 0 unspecified atom stereocenters. The Balaban J connectivity index is 1.49. The maximum Gasteiger partial charge on any atom is 0.187 e. The lowest BCUT2D eigenvalue weighted by Crippen LogP contribution is -2.61. The van der Waals surface area contributed by atoms with Crippen LogP contribution in [-0.4, -0.2) is 214 Å². The molecule has 0 radical (unpaired) electrons. The van der Waals surface area contributed by atoms with Crippen LogP contribution in [0.1, 0.15) is 106 Å². The van der Waals surface area contributed by atoms with Crippen LogP contribution < -0.4 is 0 Å². The summed E-state index contributed by atoms with van der Waals surface area (Å²) < 4.78 is 34.5. The van der Waals surface area contributed by atoms with E-state index >= 15 is 0 Å². The van der Waals surface area contributed by atoms with E-state index in [4.69, 9.17) is 28.4 Å². The van der Waals surface area contributed by atoms with Gasteiger partial charge in [0.2, 0.25) is 0 Å². The molecule has 0 aromatic carbocycles. The number of allylic oxidation sites excluding steroid dienone is 4. The first-order chi connectivity index (χ1) is 32.2. The van der Waals surface area contributed by atoms with Crippen molar-refractivity contribution >= 4 is 12.1 Å². The molecule has 0 aromatic heterocycles. The maximum atomic E-state index is 12.4. The molecule has 21 nitrogen and oxygen atoms in total. The van der Waals surface area contributed by atoms with Gasteiger partial charge in [0.1, 0.15) is 85.1 Å². The number of hydrogen-bond donors (Lipinski definition) is 13. The van der Waals surface area contributed by atoms with Gasteiger partial charge in [-0.3, -0.25) is 9.59 Å². The number of Topliss-reactive ketones (excluding diaryl/α,β-unsaturated/α-hetero) is 1. The number of hydrogen-bond acceptors (Lipinski definition) is 21. The highest BCUT2D eigenvalue weighted by atomic mass is 16.7. The Bertz CT molecular complexity index is 1740. The molecule has 0 amide bonds. The molecule has 3 aliphatic heterocycles. The second-order valence-corrected chi connectivity index (χ2v) is 20.2. The minimum Gasteiger partial charge on any atom is -0.394 e. The van der Waals surface area contributed by atoms with Gasteiger partial charge in [-0.2, -0.15) is 0 Å². The zero-order chi connectivity index (χ0) is 51.8. The standard InChI is InChI=1S/C48H80O21/c1-24(13-15-33(52)46(4,5)62)12-14-29(66-45-42(61)38(57)35(54)31(22-51)68-45)25(2)10-8-17-47(6)28(27(26(3)20-49)16-18-48(47,7)63)11-9-19-64-43-40(59)39(58)36(55)32(69-43)23-65-44-41(60)37(56)34(53)30(21-50)67-44/h10,12,20,28-32,34-45,50-51,53-63H,8-9,11,13-19,21-23H2,1-7H3/b24-12+,25-10+,27-26-/t28-,29+,30-,31-,32-,34-,35-,36-,37+,38+,39+,40-,41-,42-,43-,44-,45-,47+,48-/m0/s1. The van der Waals surface area contributed by atoms with Crippen molar-refractivity contribution in [2.45, 2.75) is 216 Å². The average molecular weight is 993 g/mol. The van der Waals surface area contributed by atoms with Gasteiger partial charge in [0.15, 0.2) is 24.7 Å². The molecule has 0 aromatic rings. The topological polar surface area (TPSA) is 353 Å². The van der Waals surface area contributed by atoms with Gasteiger partial charge in [0.25, 0.3) is 0 Å². The van der Waals surface area contributed by atoms with Gasteiger partial charge in [-0.1, -0.05) is 30.2 Å². The molecule has 3 heterocycles. The van der Waals surface area contributed by atoms with Crippen molar-refractivity contribution in [3.63, 3.8) is 0 Å². The fraction of sp³-hybridized carbons (Fsp3) is 0.833. The summed E-state index contributed by atoms with van der Waals surface area (Å²) in [7, 11) is 0. The number of aldehydes is 1. The van der Waals surface area contributed by atoms with E-state index in [0.717, 1.165) is 17.4 Å².